The van der Waals surface area contributed by atoms with Gasteiger partial charge in [0.2, 0.25) is 5.95 Å². The number of anilines is 1. The zero-order valence-electron chi connectivity index (χ0n) is 13.6. The highest BCUT2D eigenvalue weighted by Gasteiger charge is 2.29. The Hall–Kier alpha value is -2.54. The molecule has 7 heteroatoms. The zero-order valence-corrected chi connectivity index (χ0v) is 13.6. The third-order valence-corrected chi connectivity index (χ3v) is 4.60. The molecule has 25 heavy (non-hydrogen) atoms. The van der Waals surface area contributed by atoms with Crippen molar-refractivity contribution in [3.8, 4) is 0 Å². The molecule has 3 heterocycles. The third-order valence-electron chi connectivity index (χ3n) is 4.60. The van der Waals surface area contributed by atoms with Crippen LogP contribution in [0.2, 0.25) is 0 Å². The lowest BCUT2D eigenvalue weighted by Gasteiger charge is -2.34. The van der Waals surface area contributed by atoms with E-state index in [1.165, 1.54) is 12.3 Å². The van der Waals surface area contributed by atoms with Crippen molar-refractivity contribution in [3.63, 3.8) is 0 Å². The molecule has 0 spiro atoms. The smallest absolute Gasteiger partial charge is 0.206 e. The summed E-state index contributed by atoms with van der Waals surface area (Å²) in [5.41, 5.74) is 8.46. The molecule has 2 N–H and O–H groups in total. The van der Waals surface area contributed by atoms with Gasteiger partial charge in [-0.25, -0.2) is 13.8 Å². The van der Waals surface area contributed by atoms with E-state index in [0.717, 1.165) is 22.7 Å². The highest BCUT2D eigenvalue weighted by atomic mass is 19.1. The summed E-state index contributed by atoms with van der Waals surface area (Å²) >= 11 is 0. The number of para-hydroxylation sites is 2. The van der Waals surface area contributed by atoms with Crippen LogP contribution in [0.3, 0.4) is 0 Å². The number of hydrogen-bond donors (Lipinski definition) is 1. The van der Waals surface area contributed by atoms with Gasteiger partial charge in [-0.2, -0.15) is 0 Å². The largest absolute Gasteiger partial charge is 0.340 e. The maximum Gasteiger partial charge on any atom is 0.206 e. The molecule has 4 rings (SSSR count). The fraction of sp³-hybridized carbons (Fsp3) is 0.333. The van der Waals surface area contributed by atoms with Crippen molar-refractivity contribution < 1.29 is 8.78 Å². The Morgan fingerprint density at radius 1 is 1.20 bits per heavy atom. The lowest BCUT2D eigenvalue weighted by Crippen LogP contribution is -2.50. The molecule has 2 atom stereocenters. The van der Waals surface area contributed by atoms with Crippen LogP contribution in [0, 0.1) is 5.82 Å². The number of halogens is 2. The molecule has 1 aliphatic heterocycles. The standard InChI is InChI=1S/C18H19F2N5/c19-12-5-6-13(22-9-12)10-25-17-4-2-1-3-16(17)23-18(25)24-8-7-14(20)15(21)11-24/h1-6,9,14-15H,7-8,10-11,21H2/t14?,15-/m1/s1. The minimum Gasteiger partial charge on any atom is -0.340 e. The number of fused-ring (bicyclic) bond motifs is 1. The van der Waals surface area contributed by atoms with Gasteiger partial charge in [-0.3, -0.25) is 4.98 Å². The number of rotatable bonds is 3. The van der Waals surface area contributed by atoms with Crippen LogP contribution < -0.4 is 10.6 Å². The number of nitrogens with zero attached hydrogens (tertiary/aromatic N) is 4. The highest BCUT2D eigenvalue weighted by molar-refractivity contribution is 5.79. The summed E-state index contributed by atoms with van der Waals surface area (Å²) in [6, 6.07) is 10.3. The molecule has 1 fully saturated rings. The van der Waals surface area contributed by atoms with Gasteiger partial charge in [-0.1, -0.05) is 12.1 Å². The summed E-state index contributed by atoms with van der Waals surface area (Å²) in [6.45, 7) is 1.44. The van der Waals surface area contributed by atoms with Crippen molar-refractivity contribution in [1.29, 1.82) is 0 Å². The molecular formula is C18H19F2N5. The summed E-state index contributed by atoms with van der Waals surface area (Å²) in [6.07, 6.45) is 0.616. The number of pyridine rings is 1. The molecule has 5 nitrogen and oxygen atoms in total. The number of imidazole rings is 1. The molecule has 0 radical (unpaired) electrons. The number of benzene rings is 1. The summed E-state index contributed by atoms with van der Waals surface area (Å²) in [5, 5.41) is 0. The average molecular weight is 343 g/mol. The monoisotopic (exact) mass is 343 g/mol. The molecule has 0 saturated carbocycles. The van der Waals surface area contributed by atoms with Gasteiger partial charge in [-0.15, -0.1) is 0 Å². The van der Waals surface area contributed by atoms with E-state index in [0.29, 0.717) is 26.1 Å². The Kier molecular flexibility index (Phi) is 4.09. The molecular weight excluding hydrogens is 324 g/mol. The van der Waals surface area contributed by atoms with Crippen LogP contribution in [-0.2, 0) is 6.54 Å². The topological polar surface area (TPSA) is 60.0 Å². The second-order valence-corrected chi connectivity index (χ2v) is 6.37. The molecule has 1 aliphatic rings. The first-order chi connectivity index (χ1) is 12.1. The molecule has 0 aliphatic carbocycles. The van der Waals surface area contributed by atoms with E-state index in [4.69, 9.17) is 10.7 Å². The Morgan fingerprint density at radius 2 is 2.04 bits per heavy atom. The number of piperidine rings is 1. The molecule has 2 aromatic heterocycles. The van der Waals surface area contributed by atoms with Crippen LogP contribution in [0.4, 0.5) is 14.7 Å². The van der Waals surface area contributed by atoms with Gasteiger partial charge in [-0.05, 0) is 30.7 Å². The first-order valence-electron chi connectivity index (χ1n) is 8.32. The van der Waals surface area contributed by atoms with E-state index in [-0.39, 0.29) is 5.82 Å². The molecule has 1 aromatic carbocycles. The van der Waals surface area contributed by atoms with Gasteiger partial charge < -0.3 is 15.2 Å². The maximum atomic E-state index is 13.7. The van der Waals surface area contributed by atoms with E-state index in [1.807, 2.05) is 33.7 Å². The highest BCUT2D eigenvalue weighted by Crippen LogP contribution is 2.26. The summed E-state index contributed by atoms with van der Waals surface area (Å²) < 4.78 is 28.9. The van der Waals surface area contributed by atoms with Gasteiger partial charge in [0.1, 0.15) is 12.0 Å². The number of nitrogens with two attached hydrogens (primary N) is 1. The molecule has 0 amide bonds. The van der Waals surface area contributed by atoms with Gasteiger partial charge in [0, 0.05) is 13.1 Å². The summed E-state index contributed by atoms with van der Waals surface area (Å²) in [5.74, 6) is 0.380. The summed E-state index contributed by atoms with van der Waals surface area (Å²) in [7, 11) is 0. The second kappa shape index (κ2) is 6.40. The Balaban J connectivity index is 1.74. The van der Waals surface area contributed by atoms with Crippen molar-refractivity contribution in [3.05, 3.63) is 54.1 Å². The van der Waals surface area contributed by atoms with E-state index >= 15 is 0 Å². The third kappa shape index (κ3) is 3.07. The Morgan fingerprint density at radius 3 is 2.80 bits per heavy atom. The normalized spacial score (nSPS) is 21.0. The van der Waals surface area contributed by atoms with Crippen LogP contribution in [-0.4, -0.2) is 39.8 Å². The van der Waals surface area contributed by atoms with E-state index in [2.05, 4.69) is 4.98 Å². The van der Waals surface area contributed by atoms with Gasteiger partial charge >= 0.3 is 0 Å². The Labute approximate surface area is 144 Å². The number of alkyl halides is 1. The van der Waals surface area contributed by atoms with Crippen molar-refractivity contribution >= 4 is 17.0 Å². The van der Waals surface area contributed by atoms with Crippen LogP contribution in [0.25, 0.3) is 11.0 Å². The first-order valence-corrected chi connectivity index (χ1v) is 8.32. The zero-order chi connectivity index (χ0) is 17.4. The van der Waals surface area contributed by atoms with Crippen molar-refractivity contribution in [2.24, 2.45) is 5.73 Å². The maximum absolute atomic E-state index is 13.7. The lowest BCUT2D eigenvalue weighted by atomic mass is 10.1. The van der Waals surface area contributed by atoms with E-state index in [9.17, 15) is 8.78 Å². The predicted octanol–water partition coefficient (Wildman–Crippen LogP) is 2.49. The van der Waals surface area contributed by atoms with E-state index in [1.54, 1.807) is 6.07 Å². The minimum atomic E-state index is -0.979. The first kappa shape index (κ1) is 16.0. The average Bonchev–Trinajstić information content (AvgIpc) is 2.98. The van der Waals surface area contributed by atoms with Gasteiger partial charge in [0.15, 0.2) is 0 Å². The fourth-order valence-electron chi connectivity index (χ4n) is 3.26. The lowest BCUT2D eigenvalue weighted by molar-refractivity contribution is 0.243. The second-order valence-electron chi connectivity index (χ2n) is 6.37. The van der Waals surface area contributed by atoms with Gasteiger partial charge in [0.25, 0.3) is 0 Å². The molecule has 0 bridgehead atoms. The SMILES string of the molecule is N[C@@H]1CN(c2nc3ccccc3n2Cc2ccc(F)cn2)CCC1F. The number of aromatic nitrogens is 3. The molecule has 130 valence electrons. The van der Waals surface area contributed by atoms with Gasteiger partial charge in [0.05, 0.1) is 35.5 Å². The molecule has 1 unspecified atom stereocenters. The molecule has 1 saturated heterocycles. The van der Waals surface area contributed by atoms with Crippen LogP contribution in [0.5, 0.6) is 0 Å². The van der Waals surface area contributed by atoms with Crippen molar-refractivity contribution in [2.45, 2.75) is 25.2 Å². The Bertz CT molecular complexity index is 877. The quantitative estimate of drug-likeness (QED) is 0.794. The van der Waals surface area contributed by atoms with Crippen molar-refractivity contribution in [1.82, 2.24) is 14.5 Å². The summed E-state index contributed by atoms with van der Waals surface area (Å²) in [4.78, 5) is 10.9. The number of hydrogen-bond acceptors (Lipinski definition) is 4. The predicted molar refractivity (Wildman–Crippen MR) is 92.7 cm³/mol. The minimum absolute atomic E-state index is 0.365. The van der Waals surface area contributed by atoms with Crippen LogP contribution in [0.15, 0.2) is 42.6 Å². The van der Waals surface area contributed by atoms with Crippen molar-refractivity contribution in [2.75, 3.05) is 18.0 Å². The van der Waals surface area contributed by atoms with E-state index < -0.39 is 12.2 Å². The fourth-order valence-corrected chi connectivity index (χ4v) is 3.26. The van der Waals surface area contributed by atoms with Crippen LogP contribution >= 0.6 is 0 Å². The molecule has 3 aromatic rings. The van der Waals surface area contributed by atoms with Crippen LogP contribution in [0.1, 0.15) is 12.1 Å².